The molecule has 0 amide bonds. The Morgan fingerprint density at radius 1 is 0.923 bits per heavy atom. The first kappa shape index (κ1) is 28.2. The number of rotatable bonds is 11. The molecule has 2 aliphatic rings. The van der Waals surface area contributed by atoms with Gasteiger partial charge in [0, 0.05) is 35.9 Å². The van der Waals surface area contributed by atoms with Crippen LogP contribution >= 0.6 is 0 Å². The number of carbonyl (C=O) groups is 2. The average molecular weight is 536 g/mol. The van der Waals surface area contributed by atoms with Crippen LogP contribution in [0.1, 0.15) is 56.6 Å². The van der Waals surface area contributed by atoms with Crippen LogP contribution in [-0.2, 0) is 19.1 Å². The summed E-state index contributed by atoms with van der Waals surface area (Å²) in [4.78, 5) is 27.2. The number of benzene rings is 2. The molecule has 0 spiro atoms. The Kier molecular flexibility index (Phi) is 9.30. The molecule has 1 N–H and O–H groups in total. The van der Waals surface area contributed by atoms with E-state index in [0.717, 1.165) is 22.6 Å². The summed E-state index contributed by atoms with van der Waals surface area (Å²) in [6, 6.07) is 13.3. The van der Waals surface area contributed by atoms with Crippen LogP contribution in [0.3, 0.4) is 0 Å². The lowest BCUT2D eigenvalue weighted by atomic mass is 9.71. The summed E-state index contributed by atoms with van der Waals surface area (Å²) >= 11 is 0. The van der Waals surface area contributed by atoms with Crippen LogP contribution in [0.4, 0.5) is 0 Å². The van der Waals surface area contributed by atoms with Gasteiger partial charge in [-0.1, -0.05) is 18.2 Å². The zero-order valence-electron chi connectivity index (χ0n) is 23.3. The summed E-state index contributed by atoms with van der Waals surface area (Å²) < 4.78 is 27.4. The molecule has 8 heteroatoms. The van der Waals surface area contributed by atoms with Crippen molar-refractivity contribution in [3.63, 3.8) is 0 Å². The van der Waals surface area contributed by atoms with E-state index in [4.69, 9.17) is 23.7 Å². The molecule has 2 atom stereocenters. The molecule has 0 saturated heterocycles. The van der Waals surface area contributed by atoms with Gasteiger partial charge in [0.15, 0.2) is 17.3 Å². The third kappa shape index (κ3) is 6.11. The van der Waals surface area contributed by atoms with E-state index >= 15 is 0 Å². The van der Waals surface area contributed by atoms with Crippen LogP contribution in [0.15, 0.2) is 65.0 Å². The molecule has 0 aromatic heterocycles. The Morgan fingerprint density at radius 3 is 2.31 bits per heavy atom. The van der Waals surface area contributed by atoms with Crippen molar-refractivity contribution in [1.82, 2.24) is 5.32 Å². The SMILES string of the molecule is CCOCCOC(=O)C1=C(C)NC2=C(C(=O)C[C@H](c3ccc(OC)c(OC)c3)C2)[C@@H]1c1ccc(OCC)cc1. The fraction of sp³-hybridized carbons (Fsp3) is 0.419. The predicted molar refractivity (Wildman–Crippen MR) is 147 cm³/mol. The maximum absolute atomic E-state index is 13.8. The van der Waals surface area contributed by atoms with Crippen LogP contribution in [0.25, 0.3) is 0 Å². The van der Waals surface area contributed by atoms with Gasteiger partial charge in [0.05, 0.1) is 33.0 Å². The van der Waals surface area contributed by atoms with E-state index in [2.05, 4.69) is 5.32 Å². The normalized spacial score (nSPS) is 18.8. The van der Waals surface area contributed by atoms with Crippen molar-refractivity contribution in [2.75, 3.05) is 40.6 Å². The maximum atomic E-state index is 13.8. The number of dihydropyridines is 1. The number of hydrogen-bond acceptors (Lipinski definition) is 8. The first-order valence-electron chi connectivity index (χ1n) is 13.3. The number of allylic oxidation sites excluding steroid dienone is 3. The minimum Gasteiger partial charge on any atom is -0.494 e. The van der Waals surface area contributed by atoms with Crippen molar-refractivity contribution in [2.24, 2.45) is 0 Å². The number of hydrogen-bond donors (Lipinski definition) is 1. The number of Topliss-reactive ketones (excluding diaryl/α,β-unsaturated/α-hetero) is 1. The molecular formula is C31H37NO7. The second-order valence-electron chi connectivity index (χ2n) is 9.47. The molecule has 2 aromatic rings. The number of ketones is 1. The highest BCUT2D eigenvalue weighted by Crippen LogP contribution is 2.46. The van der Waals surface area contributed by atoms with Crippen LogP contribution in [0.5, 0.6) is 17.2 Å². The minimum absolute atomic E-state index is 0.00506. The zero-order valence-corrected chi connectivity index (χ0v) is 23.3. The molecule has 2 aromatic carbocycles. The fourth-order valence-electron chi connectivity index (χ4n) is 5.32. The van der Waals surface area contributed by atoms with Gasteiger partial charge in [-0.2, -0.15) is 0 Å². The van der Waals surface area contributed by atoms with Crippen molar-refractivity contribution >= 4 is 11.8 Å². The van der Waals surface area contributed by atoms with E-state index < -0.39 is 11.9 Å². The molecule has 39 heavy (non-hydrogen) atoms. The Bertz CT molecular complexity index is 1260. The number of methoxy groups -OCH3 is 2. The lowest BCUT2D eigenvalue weighted by Crippen LogP contribution is -2.36. The lowest BCUT2D eigenvalue weighted by molar-refractivity contribution is -0.140. The Labute approximate surface area is 229 Å². The molecule has 0 saturated carbocycles. The number of nitrogens with one attached hydrogen (secondary N) is 1. The lowest BCUT2D eigenvalue weighted by Gasteiger charge is -2.36. The first-order chi connectivity index (χ1) is 18.9. The van der Waals surface area contributed by atoms with E-state index in [-0.39, 0.29) is 18.3 Å². The van der Waals surface area contributed by atoms with Gasteiger partial charge >= 0.3 is 5.97 Å². The topological polar surface area (TPSA) is 92.3 Å². The van der Waals surface area contributed by atoms with E-state index in [1.807, 2.05) is 63.2 Å². The van der Waals surface area contributed by atoms with Crippen molar-refractivity contribution in [1.29, 1.82) is 0 Å². The average Bonchev–Trinajstić information content (AvgIpc) is 2.94. The summed E-state index contributed by atoms with van der Waals surface area (Å²) in [6.45, 7) is 7.22. The smallest absolute Gasteiger partial charge is 0.336 e. The molecular weight excluding hydrogens is 498 g/mol. The summed E-state index contributed by atoms with van der Waals surface area (Å²) in [6.07, 6.45) is 0.934. The number of esters is 1. The van der Waals surface area contributed by atoms with Gasteiger partial charge < -0.3 is 29.0 Å². The molecule has 1 aliphatic carbocycles. The molecule has 0 radical (unpaired) electrons. The van der Waals surface area contributed by atoms with Gasteiger partial charge in [0.1, 0.15) is 12.4 Å². The second kappa shape index (κ2) is 12.8. The highest BCUT2D eigenvalue weighted by molar-refractivity contribution is 6.04. The highest BCUT2D eigenvalue weighted by Gasteiger charge is 2.41. The summed E-state index contributed by atoms with van der Waals surface area (Å²) in [5, 5.41) is 3.39. The highest BCUT2D eigenvalue weighted by atomic mass is 16.6. The Balaban J connectivity index is 1.71. The Hall–Kier alpha value is -3.78. The van der Waals surface area contributed by atoms with Gasteiger partial charge in [-0.25, -0.2) is 4.79 Å². The molecule has 1 aliphatic heterocycles. The van der Waals surface area contributed by atoms with E-state index in [9.17, 15) is 9.59 Å². The quantitative estimate of drug-likeness (QED) is 0.316. The third-order valence-electron chi connectivity index (χ3n) is 7.12. The van der Waals surface area contributed by atoms with Gasteiger partial charge in [0.25, 0.3) is 0 Å². The van der Waals surface area contributed by atoms with Gasteiger partial charge in [-0.15, -0.1) is 0 Å². The van der Waals surface area contributed by atoms with Gasteiger partial charge in [-0.3, -0.25) is 4.79 Å². The van der Waals surface area contributed by atoms with Crippen LogP contribution in [0, 0.1) is 0 Å². The molecule has 0 unspecified atom stereocenters. The first-order valence-corrected chi connectivity index (χ1v) is 13.3. The summed E-state index contributed by atoms with van der Waals surface area (Å²) in [7, 11) is 3.20. The van der Waals surface area contributed by atoms with Crippen molar-refractivity contribution < 1.29 is 33.3 Å². The standard InChI is InChI=1S/C31H37NO7/c1-6-37-14-15-39-31(34)28-19(3)32-24-16-22(21-10-13-26(35-4)27(18-21)36-5)17-25(33)30(24)29(28)20-8-11-23(12-9-20)38-7-2/h8-13,18,22,29,32H,6-7,14-17H2,1-5H3/t22-,29-/m1/s1. The summed E-state index contributed by atoms with van der Waals surface area (Å²) in [5.74, 6) is 0.941. The zero-order chi connectivity index (χ0) is 27.9. The third-order valence-corrected chi connectivity index (χ3v) is 7.12. The van der Waals surface area contributed by atoms with Crippen molar-refractivity contribution in [3.8, 4) is 17.2 Å². The molecule has 8 nitrogen and oxygen atoms in total. The monoisotopic (exact) mass is 535 g/mol. The maximum Gasteiger partial charge on any atom is 0.336 e. The molecule has 208 valence electrons. The molecule has 1 heterocycles. The minimum atomic E-state index is -0.546. The molecule has 0 bridgehead atoms. The van der Waals surface area contributed by atoms with Crippen LogP contribution in [0.2, 0.25) is 0 Å². The van der Waals surface area contributed by atoms with Gasteiger partial charge in [-0.05, 0) is 68.5 Å². The van der Waals surface area contributed by atoms with E-state index in [0.29, 0.717) is 61.0 Å². The van der Waals surface area contributed by atoms with Crippen molar-refractivity contribution in [3.05, 3.63) is 76.1 Å². The largest absolute Gasteiger partial charge is 0.494 e. The van der Waals surface area contributed by atoms with Gasteiger partial charge in [0.2, 0.25) is 0 Å². The summed E-state index contributed by atoms with van der Waals surface area (Å²) in [5.41, 5.74) is 4.38. The van der Waals surface area contributed by atoms with E-state index in [1.165, 1.54) is 0 Å². The second-order valence-corrected chi connectivity index (χ2v) is 9.47. The van der Waals surface area contributed by atoms with E-state index in [1.54, 1.807) is 14.2 Å². The van der Waals surface area contributed by atoms with Crippen LogP contribution in [-0.4, -0.2) is 52.4 Å². The molecule has 0 fully saturated rings. The number of ether oxygens (including phenoxy) is 5. The Morgan fingerprint density at radius 2 is 1.64 bits per heavy atom. The van der Waals surface area contributed by atoms with Crippen molar-refractivity contribution in [2.45, 2.75) is 45.4 Å². The molecule has 4 rings (SSSR count). The fourth-order valence-corrected chi connectivity index (χ4v) is 5.32. The number of carbonyl (C=O) groups excluding carboxylic acids is 2. The predicted octanol–water partition coefficient (Wildman–Crippen LogP) is 5.04. The van der Waals surface area contributed by atoms with Crippen LogP contribution < -0.4 is 19.5 Å².